The predicted octanol–water partition coefficient (Wildman–Crippen LogP) is 4.96. The van der Waals surface area contributed by atoms with E-state index in [0.717, 1.165) is 28.9 Å². The molecule has 25 heavy (non-hydrogen) atoms. The summed E-state index contributed by atoms with van der Waals surface area (Å²) in [6.07, 6.45) is 5.97. The molecule has 2 unspecified atom stereocenters. The molecule has 2 aromatic rings. The molecule has 0 aliphatic carbocycles. The molecule has 0 saturated carbocycles. The van der Waals surface area contributed by atoms with Gasteiger partial charge in [0, 0.05) is 24.8 Å². The van der Waals surface area contributed by atoms with Crippen LogP contribution in [0, 0.1) is 12.7 Å². The van der Waals surface area contributed by atoms with Crippen LogP contribution in [0.3, 0.4) is 0 Å². The first-order valence-electron chi connectivity index (χ1n) is 8.40. The van der Waals surface area contributed by atoms with Crippen molar-refractivity contribution in [1.82, 2.24) is 4.98 Å². The number of allylic oxidation sites excluding steroid dienone is 1. The van der Waals surface area contributed by atoms with Crippen LogP contribution in [-0.4, -0.2) is 11.2 Å². The number of hydrogen-bond donors (Lipinski definition) is 0. The fourth-order valence-electron chi connectivity index (χ4n) is 3.53. The van der Waals surface area contributed by atoms with Gasteiger partial charge >= 0.3 is 0 Å². The standard InChI is InChI=1S/C20H18F2N2O/c1-12-7-13-4-5-18(20-17(22)3-2-6-24-20)25-19(13)9-16(12)14-8-15(21)11-23-10-14/h2-3,6-7,9-11,14,18H,4-5,8H2,1H3. The largest absolute Gasteiger partial charge is 0.484 e. The number of hydrogen-bond acceptors (Lipinski definition) is 3. The van der Waals surface area contributed by atoms with Crippen molar-refractivity contribution < 1.29 is 13.5 Å². The Bertz CT molecular complexity index is 876. The summed E-state index contributed by atoms with van der Waals surface area (Å²) in [6, 6.07) is 7.00. The molecule has 0 bridgehead atoms. The van der Waals surface area contributed by atoms with Crippen molar-refractivity contribution in [3.8, 4) is 5.75 Å². The molecule has 3 nitrogen and oxygen atoms in total. The average Bonchev–Trinajstić information content (AvgIpc) is 2.61. The fourth-order valence-corrected chi connectivity index (χ4v) is 3.53. The molecule has 0 N–H and O–H groups in total. The topological polar surface area (TPSA) is 34.5 Å². The summed E-state index contributed by atoms with van der Waals surface area (Å²) < 4.78 is 33.7. The number of halogens is 2. The lowest BCUT2D eigenvalue weighted by atomic mass is 9.88. The van der Waals surface area contributed by atoms with Gasteiger partial charge in [0.1, 0.15) is 29.2 Å². The van der Waals surface area contributed by atoms with Gasteiger partial charge in [0.25, 0.3) is 0 Å². The SMILES string of the molecule is Cc1cc2c(cc1C1C=NC=C(F)C1)OC(c1ncccc1F)CC2. The minimum absolute atomic E-state index is 0.106. The molecular weight excluding hydrogens is 322 g/mol. The second kappa shape index (κ2) is 6.39. The Morgan fingerprint density at radius 1 is 1.24 bits per heavy atom. The van der Waals surface area contributed by atoms with Gasteiger partial charge in [-0.3, -0.25) is 9.98 Å². The first kappa shape index (κ1) is 15.9. The van der Waals surface area contributed by atoms with Crippen LogP contribution in [-0.2, 0) is 6.42 Å². The minimum Gasteiger partial charge on any atom is -0.484 e. The van der Waals surface area contributed by atoms with Crippen molar-refractivity contribution in [2.45, 2.75) is 38.2 Å². The molecule has 0 fully saturated rings. The molecule has 1 aromatic carbocycles. The van der Waals surface area contributed by atoms with Crippen LogP contribution >= 0.6 is 0 Å². The lowest BCUT2D eigenvalue weighted by Crippen LogP contribution is -2.18. The van der Waals surface area contributed by atoms with Gasteiger partial charge in [-0.25, -0.2) is 8.78 Å². The molecule has 2 aliphatic rings. The quantitative estimate of drug-likeness (QED) is 0.774. The van der Waals surface area contributed by atoms with E-state index in [1.54, 1.807) is 18.5 Å². The van der Waals surface area contributed by atoms with E-state index in [9.17, 15) is 8.78 Å². The number of aliphatic imine (C=N–C) groups is 1. The predicted molar refractivity (Wildman–Crippen MR) is 92.1 cm³/mol. The summed E-state index contributed by atoms with van der Waals surface area (Å²) in [4.78, 5) is 8.12. The smallest absolute Gasteiger partial charge is 0.148 e. The van der Waals surface area contributed by atoms with E-state index in [2.05, 4.69) is 16.0 Å². The first-order valence-corrected chi connectivity index (χ1v) is 8.40. The van der Waals surface area contributed by atoms with Crippen molar-refractivity contribution in [3.63, 3.8) is 0 Å². The van der Waals surface area contributed by atoms with E-state index in [1.807, 2.05) is 13.0 Å². The molecular formula is C20H18F2N2O. The molecule has 128 valence electrons. The molecule has 1 aromatic heterocycles. The zero-order valence-corrected chi connectivity index (χ0v) is 13.9. The van der Waals surface area contributed by atoms with E-state index < -0.39 is 6.10 Å². The number of pyridine rings is 1. The normalized spacial score (nSPS) is 22.1. The summed E-state index contributed by atoms with van der Waals surface area (Å²) in [5, 5.41) is 0. The Labute approximate surface area is 145 Å². The second-order valence-electron chi connectivity index (χ2n) is 6.52. The Morgan fingerprint density at radius 2 is 2.12 bits per heavy atom. The Morgan fingerprint density at radius 3 is 2.92 bits per heavy atom. The Kier molecular flexibility index (Phi) is 4.07. The third-order valence-electron chi connectivity index (χ3n) is 4.78. The summed E-state index contributed by atoms with van der Waals surface area (Å²) in [7, 11) is 0. The van der Waals surface area contributed by atoms with Crippen LogP contribution in [0.25, 0.3) is 0 Å². The molecule has 4 rings (SSSR count). The average molecular weight is 340 g/mol. The molecule has 3 heterocycles. The number of nitrogens with zero attached hydrogens (tertiary/aromatic N) is 2. The Balaban J connectivity index is 1.66. The van der Waals surface area contributed by atoms with Crippen LogP contribution in [0.1, 0.15) is 47.2 Å². The second-order valence-corrected chi connectivity index (χ2v) is 6.52. The molecule has 2 atom stereocenters. The maximum atomic E-state index is 14.0. The van der Waals surface area contributed by atoms with Crippen molar-refractivity contribution in [1.29, 1.82) is 0 Å². The maximum Gasteiger partial charge on any atom is 0.148 e. The molecule has 0 amide bonds. The van der Waals surface area contributed by atoms with Crippen molar-refractivity contribution in [2.24, 2.45) is 4.99 Å². The summed E-state index contributed by atoms with van der Waals surface area (Å²) in [5.41, 5.74) is 3.52. The third kappa shape index (κ3) is 3.06. The highest BCUT2D eigenvalue weighted by molar-refractivity contribution is 5.71. The van der Waals surface area contributed by atoms with Gasteiger partial charge in [0.05, 0.1) is 6.20 Å². The van der Waals surface area contributed by atoms with E-state index >= 15 is 0 Å². The summed E-state index contributed by atoms with van der Waals surface area (Å²) in [6.45, 7) is 2.02. The van der Waals surface area contributed by atoms with E-state index in [4.69, 9.17) is 4.74 Å². The van der Waals surface area contributed by atoms with Crippen LogP contribution in [0.2, 0.25) is 0 Å². The molecule has 2 aliphatic heterocycles. The van der Waals surface area contributed by atoms with Crippen molar-refractivity contribution in [2.75, 3.05) is 0 Å². The number of aryl methyl sites for hydroxylation is 2. The lowest BCUT2D eigenvalue weighted by molar-refractivity contribution is 0.167. The highest BCUT2D eigenvalue weighted by atomic mass is 19.1. The highest BCUT2D eigenvalue weighted by Crippen LogP contribution is 2.39. The summed E-state index contributed by atoms with van der Waals surface area (Å²) >= 11 is 0. The molecule has 5 heteroatoms. The van der Waals surface area contributed by atoms with Gasteiger partial charge in [-0.05, 0) is 54.7 Å². The third-order valence-corrected chi connectivity index (χ3v) is 4.78. The van der Waals surface area contributed by atoms with Crippen LogP contribution in [0.15, 0.2) is 47.5 Å². The van der Waals surface area contributed by atoms with Gasteiger partial charge in [-0.1, -0.05) is 6.07 Å². The number of aromatic nitrogens is 1. The number of ether oxygens (including phenoxy) is 1. The van der Waals surface area contributed by atoms with Gasteiger partial charge in [-0.2, -0.15) is 0 Å². The molecule has 0 radical (unpaired) electrons. The van der Waals surface area contributed by atoms with Crippen molar-refractivity contribution >= 4 is 6.21 Å². The van der Waals surface area contributed by atoms with Crippen LogP contribution < -0.4 is 4.74 Å². The van der Waals surface area contributed by atoms with Gasteiger partial charge in [0.2, 0.25) is 0 Å². The van der Waals surface area contributed by atoms with Gasteiger partial charge in [-0.15, -0.1) is 0 Å². The number of benzene rings is 1. The van der Waals surface area contributed by atoms with E-state index in [0.29, 0.717) is 18.5 Å². The highest BCUT2D eigenvalue weighted by Gasteiger charge is 2.27. The zero-order valence-electron chi connectivity index (χ0n) is 13.9. The van der Waals surface area contributed by atoms with Gasteiger partial charge in [0.15, 0.2) is 0 Å². The van der Waals surface area contributed by atoms with Crippen LogP contribution in [0.4, 0.5) is 8.78 Å². The monoisotopic (exact) mass is 340 g/mol. The van der Waals surface area contributed by atoms with E-state index in [-0.39, 0.29) is 17.6 Å². The van der Waals surface area contributed by atoms with E-state index in [1.165, 1.54) is 12.3 Å². The minimum atomic E-state index is -0.402. The molecule has 0 spiro atoms. The fraction of sp³-hybridized carbons (Fsp3) is 0.300. The lowest BCUT2D eigenvalue weighted by Gasteiger charge is -2.28. The number of rotatable bonds is 2. The Hall–Kier alpha value is -2.56. The summed E-state index contributed by atoms with van der Waals surface area (Å²) in [5.74, 6) is 0.0463. The van der Waals surface area contributed by atoms with Crippen molar-refractivity contribution in [3.05, 3.63) is 70.7 Å². The van der Waals surface area contributed by atoms with Crippen LogP contribution in [0.5, 0.6) is 5.75 Å². The molecule has 0 saturated heterocycles. The van der Waals surface area contributed by atoms with Gasteiger partial charge < -0.3 is 4.74 Å². The maximum absolute atomic E-state index is 14.0. The number of fused-ring (bicyclic) bond motifs is 1. The zero-order chi connectivity index (χ0) is 17.4. The first-order chi connectivity index (χ1) is 12.1.